The lowest BCUT2D eigenvalue weighted by Gasteiger charge is -2.15. The van der Waals surface area contributed by atoms with Gasteiger partial charge in [-0.25, -0.2) is 0 Å². The van der Waals surface area contributed by atoms with Gasteiger partial charge in [-0.3, -0.25) is 0 Å². The van der Waals surface area contributed by atoms with Crippen LogP contribution in [0.3, 0.4) is 0 Å². The molecule has 0 radical (unpaired) electrons. The first kappa shape index (κ1) is 15.7. The fourth-order valence-corrected chi connectivity index (χ4v) is 2.34. The number of rotatable bonds is 7. The number of hydrogen-bond acceptors (Lipinski definition) is 2. The molecular weight excluding hydrogens is 284 g/mol. The van der Waals surface area contributed by atoms with Gasteiger partial charge in [0.05, 0.1) is 12.5 Å². The highest BCUT2D eigenvalue weighted by Crippen LogP contribution is 2.33. The molecule has 0 N–H and O–H groups in total. The van der Waals surface area contributed by atoms with Gasteiger partial charge >= 0.3 is 0 Å². The fourth-order valence-electron chi connectivity index (χ4n) is 2.13. The molecule has 0 fully saturated rings. The summed E-state index contributed by atoms with van der Waals surface area (Å²) in [5.41, 5.74) is 3.42. The summed E-state index contributed by atoms with van der Waals surface area (Å²) in [5, 5.41) is 0. The molecule has 0 amide bonds. The van der Waals surface area contributed by atoms with Crippen molar-refractivity contribution in [1.29, 1.82) is 0 Å². The highest BCUT2D eigenvalue weighted by atomic mass is 35.5. The average molecular weight is 305 g/mol. The Bertz CT molecular complexity index is 564. The summed E-state index contributed by atoms with van der Waals surface area (Å²) in [5.74, 6) is 1.90. The standard InChI is InChI=1S/C18H21ClO2/c1-3-14-8-10-15(11-9-14)13-21-18-16(12-19)6-5-7-17(18)20-4-2/h5-11H,3-4,12-13H2,1-2H3. The van der Waals surface area contributed by atoms with E-state index in [2.05, 4.69) is 31.2 Å². The van der Waals surface area contributed by atoms with Gasteiger partial charge in [-0.2, -0.15) is 0 Å². The second kappa shape index (κ2) is 7.94. The molecule has 0 saturated heterocycles. The topological polar surface area (TPSA) is 18.5 Å². The Labute approximate surface area is 131 Å². The number of ether oxygens (including phenoxy) is 2. The SMILES string of the molecule is CCOc1cccc(CCl)c1OCc1ccc(CC)cc1. The van der Waals surface area contributed by atoms with Crippen LogP contribution in [0.1, 0.15) is 30.5 Å². The van der Waals surface area contributed by atoms with Crippen molar-refractivity contribution in [2.24, 2.45) is 0 Å². The summed E-state index contributed by atoms with van der Waals surface area (Å²) in [4.78, 5) is 0. The summed E-state index contributed by atoms with van der Waals surface area (Å²) >= 11 is 5.99. The summed E-state index contributed by atoms with van der Waals surface area (Å²) in [7, 11) is 0. The number of halogens is 1. The van der Waals surface area contributed by atoms with Crippen LogP contribution in [0.15, 0.2) is 42.5 Å². The van der Waals surface area contributed by atoms with E-state index in [9.17, 15) is 0 Å². The van der Waals surface area contributed by atoms with Crippen molar-refractivity contribution in [3.05, 3.63) is 59.2 Å². The first-order valence-corrected chi connectivity index (χ1v) is 7.83. The monoisotopic (exact) mass is 304 g/mol. The van der Waals surface area contributed by atoms with Crippen molar-refractivity contribution in [1.82, 2.24) is 0 Å². The molecule has 112 valence electrons. The summed E-state index contributed by atoms with van der Waals surface area (Å²) in [6.45, 7) is 5.22. The van der Waals surface area contributed by atoms with Gasteiger partial charge in [0, 0.05) is 5.56 Å². The van der Waals surface area contributed by atoms with E-state index in [1.165, 1.54) is 5.56 Å². The van der Waals surface area contributed by atoms with Crippen molar-refractivity contribution < 1.29 is 9.47 Å². The summed E-state index contributed by atoms with van der Waals surface area (Å²) in [6, 6.07) is 14.3. The van der Waals surface area contributed by atoms with Gasteiger partial charge < -0.3 is 9.47 Å². The molecule has 0 spiro atoms. The minimum absolute atomic E-state index is 0.408. The highest BCUT2D eigenvalue weighted by molar-refractivity contribution is 6.17. The Hall–Kier alpha value is -1.67. The molecule has 3 heteroatoms. The van der Waals surface area contributed by atoms with Gasteiger partial charge in [-0.05, 0) is 30.5 Å². The van der Waals surface area contributed by atoms with Gasteiger partial charge in [0.1, 0.15) is 6.61 Å². The minimum Gasteiger partial charge on any atom is -0.490 e. The molecule has 0 aromatic heterocycles. The second-order valence-electron chi connectivity index (χ2n) is 4.77. The van der Waals surface area contributed by atoms with Crippen molar-refractivity contribution in [3.8, 4) is 11.5 Å². The number of benzene rings is 2. The van der Waals surface area contributed by atoms with Gasteiger partial charge in [-0.15, -0.1) is 11.6 Å². The van der Waals surface area contributed by atoms with Crippen LogP contribution in [0.2, 0.25) is 0 Å². The molecule has 2 aromatic rings. The number of para-hydroxylation sites is 1. The Kier molecular flexibility index (Phi) is 5.94. The molecule has 2 nitrogen and oxygen atoms in total. The first-order chi connectivity index (χ1) is 10.3. The van der Waals surface area contributed by atoms with Crippen LogP contribution in [-0.2, 0) is 18.9 Å². The molecule has 0 atom stereocenters. The van der Waals surface area contributed by atoms with E-state index in [1.54, 1.807) is 0 Å². The van der Waals surface area contributed by atoms with E-state index < -0.39 is 0 Å². The van der Waals surface area contributed by atoms with E-state index in [4.69, 9.17) is 21.1 Å². The third kappa shape index (κ3) is 4.15. The Morgan fingerprint density at radius 3 is 2.24 bits per heavy atom. The van der Waals surface area contributed by atoms with Crippen molar-refractivity contribution in [2.75, 3.05) is 6.61 Å². The maximum Gasteiger partial charge on any atom is 0.166 e. The largest absolute Gasteiger partial charge is 0.490 e. The van der Waals surface area contributed by atoms with E-state index in [0.29, 0.717) is 19.1 Å². The Morgan fingerprint density at radius 2 is 1.62 bits per heavy atom. The second-order valence-corrected chi connectivity index (χ2v) is 5.04. The number of alkyl halides is 1. The summed E-state index contributed by atoms with van der Waals surface area (Å²) < 4.78 is 11.6. The Balaban J connectivity index is 2.13. The third-order valence-corrected chi connectivity index (χ3v) is 3.61. The summed E-state index contributed by atoms with van der Waals surface area (Å²) in [6.07, 6.45) is 1.05. The first-order valence-electron chi connectivity index (χ1n) is 7.29. The normalized spacial score (nSPS) is 10.4. The maximum absolute atomic E-state index is 5.99. The highest BCUT2D eigenvalue weighted by Gasteiger charge is 2.10. The molecule has 0 unspecified atom stereocenters. The van der Waals surface area contributed by atoms with E-state index in [0.717, 1.165) is 29.0 Å². The van der Waals surface area contributed by atoms with Crippen LogP contribution in [-0.4, -0.2) is 6.61 Å². The van der Waals surface area contributed by atoms with Gasteiger partial charge in [0.2, 0.25) is 0 Å². The fraction of sp³-hybridized carbons (Fsp3) is 0.333. The maximum atomic E-state index is 5.99. The number of aryl methyl sites for hydroxylation is 1. The molecule has 0 heterocycles. The molecule has 2 aromatic carbocycles. The predicted molar refractivity (Wildman–Crippen MR) is 87.3 cm³/mol. The zero-order chi connectivity index (χ0) is 15.1. The zero-order valence-electron chi connectivity index (χ0n) is 12.6. The van der Waals surface area contributed by atoms with Crippen molar-refractivity contribution >= 4 is 11.6 Å². The molecule has 0 aliphatic rings. The third-order valence-electron chi connectivity index (χ3n) is 3.32. The smallest absolute Gasteiger partial charge is 0.166 e. The molecular formula is C18H21ClO2. The van der Waals surface area contributed by atoms with Crippen molar-refractivity contribution in [3.63, 3.8) is 0 Å². The van der Waals surface area contributed by atoms with E-state index >= 15 is 0 Å². The van der Waals surface area contributed by atoms with Crippen LogP contribution < -0.4 is 9.47 Å². The van der Waals surface area contributed by atoms with Crippen LogP contribution >= 0.6 is 11.6 Å². The van der Waals surface area contributed by atoms with Crippen LogP contribution in [0.25, 0.3) is 0 Å². The lowest BCUT2D eigenvalue weighted by atomic mass is 10.1. The molecule has 2 rings (SSSR count). The predicted octanol–water partition coefficient (Wildman–Crippen LogP) is 4.97. The van der Waals surface area contributed by atoms with Crippen LogP contribution in [0.5, 0.6) is 11.5 Å². The van der Waals surface area contributed by atoms with Gasteiger partial charge in [-0.1, -0.05) is 43.3 Å². The molecule has 21 heavy (non-hydrogen) atoms. The van der Waals surface area contributed by atoms with Crippen LogP contribution in [0.4, 0.5) is 0 Å². The average Bonchev–Trinajstić information content (AvgIpc) is 2.54. The lowest BCUT2D eigenvalue weighted by Crippen LogP contribution is -2.02. The van der Waals surface area contributed by atoms with E-state index in [-0.39, 0.29) is 0 Å². The Morgan fingerprint density at radius 1 is 0.905 bits per heavy atom. The van der Waals surface area contributed by atoms with Gasteiger partial charge in [0.25, 0.3) is 0 Å². The molecule has 0 saturated carbocycles. The molecule has 0 bridgehead atoms. The lowest BCUT2D eigenvalue weighted by molar-refractivity contribution is 0.267. The quantitative estimate of drug-likeness (QED) is 0.673. The molecule has 0 aliphatic heterocycles. The van der Waals surface area contributed by atoms with Crippen molar-refractivity contribution in [2.45, 2.75) is 32.8 Å². The zero-order valence-corrected chi connectivity index (χ0v) is 13.3. The van der Waals surface area contributed by atoms with E-state index in [1.807, 2.05) is 25.1 Å². The molecule has 0 aliphatic carbocycles. The number of hydrogen-bond donors (Lipinski definition) is 0. The minimum atomic E-state index is 0.408. The van der Waals surface area contributed by atoms with Crippen LogP contribution in [0, 0.1) is 0 Å². The van der Waals surface area contributed by atoms with Gasteiger partial charge in [0.15, 0.2) is 11.5 Å².